The number of nitrogens with two attached hydrogens (primary N) is 1. The van der Waals surface area contributed by atoms with E-state index < -0.39 is 0 Å². The van der Waals surface area contributed by atoms with E-state index >= 15 is 0 Å². The molecule has 0 fully saturated rings. The number of fused-ring (bicyclic) bond motifs is 1. The van der Waals surface area contributed by atoms with Gasteiger partial charge in [-0.1, -0.05) is 24.3 Å². The molecule has 0 heterocycles. The van der Waals surface area contributed by atoms with E-state index in [9.17, 15) is 0 Å². The van der Waals surface area contributed by atoms with Gasteiger partial charge in [-0.2, -0.15) is 0 Å². The Morgan fingerprint density at radius 3 is 2.18 bits per heavy atom. The Morgan fingerprint density at radius 2 is 1.73 bits per heavy atom. The molecule has 0 radical (unpaired) electrons. The molecule has 0 atom stereocenters. The monoisotopic (exact) mass is 149 g/mol. The van der Waals surface area contributed by atoms with Crippen LogP contribution in [0.4, 0.5) is 0 Å². The van der Waals surface area contributed by atoms with Crippen molar-refractivity contribution in [1.29, 1.82) is 0 Å². The Morgan fingerprint density at radius 1 is 1.18 bits per heavy atom. The van der Waals surface area contributed by atoms with Gasteiger partial charge < -0.3 is 4.84 Å². The van der Waals surface area contributed by atoms with Gasteiger partial charge in [-0.3, -0.25) is 0 Å². The zero-order valence-corrected chi connectivity index (χ0v) is 6.29. The van der Waals surface area contributed by atoms with Gasteiger partial charge in [0.05, 0.1) is 6.10 Å². The van der Waals surface area contributed by atoms with Gasteiger partial charge in [-0.05, 0) is 11.1 Å². The van der Waals surface area contributed by atoms with Crippen molar-refractivity contribution >= 4 is 0 Å². The quantitative estimate of drug-likeness (QED) is 0.605. The average Bonchev–Trinajstić information content (AvgIpc) is 2.46. The summed E-state index contributed by atoms with van der Waals surface area (Å²) in [5.41, 5.74) is 2.76. The molecule has 0 bridgehead atoms. The molecule has 0 spiro atoms. The summed E-state index contributed by atoms with van der Waals surface area (Å²) in [5.74, 6) is 5.11. The van der Waals surface area contributed by atoms with Crippen molar-refractivity contribution in [1.82, 2.24) is 0 Å². The fourth-order valence-corrected chi connectivity index (χ4v) is 1.61. The first-order valence-electron chi connectivity index (χ1n) is 3.82. The summed E-state index contributed by atoms with van der Waals surface area (Å²) in [6.45, 7) is 0. The topological polar surface area (TPSA) is 35.2 Å². The smallest absolute Gasteiger partial charge is 0.0868 e. The first kappa shape index (κ1) is 6.83. The van der Waals surface area contributed by atoms with Gasteiger partial charge in [0.15, 0.2) is 0 Å². The van der Waals surface area contributed by atoms with Crippen LogP contribution in [0.15, 0.2) is 24.3 Å². The molecule has 1 aromatic rings. The van der Waals surface area contributed by atoms with Crippen LogP contribution in [-0.4, -0.2) is 6.10 Å². The van der Waals surface area contributed by atoms with Crippen LogP contribution >= 0.6 is 0 Å². The van der Waals surface area contributed by atoms with E-state index in [1.54, 1.807) is 0 Å². The normalized spacial score (nSPS) is 16.8. The van der Waals surface area contributed by atoms with E-state index in [2.05, 4.69) is 24.3 Å². The van der Waals surface area contributed by atoms with Crippen molar-refractivity contribution in [2.24, 2.45) is 5.90 Å². The largest absolute Gasteiger partial charge is 0.301 e. The Balaban J connectivity index is 2.27. The number of benzene rings is 1. The first-order valence-corrected chi connectivity index (χ1v) is 3.82. The van der Waals surface area contributed by atoms with E-state index in [1.807, 2.05) is 0 Å². The van der Waals surface area contributed by atoms with Crippen LogP contribution in [0.5, 0.6) is 0 Å². The van der Waals surface area contributed by atoms with Gasteiger partial charge >= 0.3 is 0 Å². The second-order valence-corrected chi connectivity index (χ2v) is 2.94. The summed E-state index contributed by atoms with van der Waals surface area (Å²) in [7, 11) is 0. The minimum absolute atomic E-state index is 0.201. The van der Waals surface area contributed by atoms with Crippen LogP contribution in [0.1, 0.15) is 11.1 Å². The van der Waals surface area contributed by atoms with Gasteiger partial charge in [0.1, 0.15) is 0 Å². The molecule has 58 valence electrons. The van der Waals surface area contributed by atoms with Crippen molar-refractivity contribution in [2.45, 2.75) is 18.9 Å². The molecule has 2 rings (SSSR count). The van der Waals surface area contributed by atoms with E-state index in [-0.39, 0.29) is 6.10 Å². The van der Waals surface area contributed by atoms with Gasteiger partial charge in [0.2, 0.25) is 0 Å². The van der Waals surface area contributed by atoms with E-state index in [4.69, 9.17) is 10.7 Å². The summed E-state index contributed by atoms with van der Waals surface area (Å²) in [6.07, 6.45) is 2.13. The van der Waals surface area contributed by atoms with Crippen molar-refractivity contribution in [3.05, 3.63) is 35.4 Å². The van der Waals surface area contributed by atoms with Gasteiger partial charge in [-0.25, -0.2) is 5.90 Å². The van der Waals surface area contributed by atoms with E-state index in [1.165, 1.54) is 11.1 Å². The van der Waals surface area contributed by atoms with Crippen LogP contribution < -0.4 is 5.90 Å². The Kier molecular flexibility index (Phi) is 1.64. The Bertz CT molecular complexity index is 234. The molecule has 2 nitrogen and oxygen atoms in total. The SMILES string of the molecule is NOC1Cc2ccccc2C1. The summed E-state index contributed by atoms with van der Waals surface area (Å²) in [5, 5.41) is 0. The highest BCUT2D eigenvalue weighted by Gasteiger charge is 2.20. The Labute approximate surface area is 65.9 Å². The standard InChI is InChI=1S/C9H11NO/c10-11-9-5-7-3-1-2-4-8(7)6-9/h1-4,9H,5-6,10H2. The zero-order chi connectivity index (χ0) is 7.68. The maximum absolute atomic E-state index is 5.11. The fourth-order valence-electron chi connectivity index (χ4n) is 1.61. The molecular weight excluding hydrogens is 138 g/mol. The molecule has 0 amide bonds. The molecule has 0 saturated carbocycles. The minimum atomic E-state index is 0.201. The summed E-state index contributed by atoms with van der Waals surface area (Å²) in [4.78, 5) is 4.79. The molecule has 1 aliphatic rings. The lowest BCUT2D eigenvalue weighted by Gasteiger charge is -2.02. The lowest BCUT2D eigenvalue weighted by molar-refractivity contribution is 0.0612. The van der Waals surface area contributed by atoms with Crippen molar-refractivity contribution in [3.8, 4) is 0 Å². The third-order valence-electron chi connectivity index (χ3n) is 2.21. The molecule has 1 aromatic carbocycles. The van der Waals surface area contributed by atoms with E-state index in [0.29, 0.717) is 0 Å². The highest BCUT2D eigenvalue weighted by Crippen LogP contribution is 2.22. The lowest BCUT2D eigenvalue weighted by Crippen LogP contribution is -2.16. The highest BCUT2D eigenvalue weighted by atomic mass is 16.6. The predicted octanol–water partition coefficient (Wildman–Crippen LogP) is 1.04. The zero-order valence-electron chi connectivity index (χ0n) is 6.29. The summed E-state index contributed by atoms with van der Waals surface area (Å²) >= 11 is 0. The third-order valence-corrected chi connectivity index (χ3v) is 2.21. The Hall–Kier alpha value is -0.860. The third kappa shape index (κ3) is 1.15. The van der Waals surface area contributed by atoms with Crippen LogP contribution in [0.3, 0.4) is 0 Å². The molecule has 2 N–H and O–H groups in total. The van der Waals surface area contributed by atoms with Crippen LogP contribution in [-0.2, 0) is 17.7 Å². The molecule has 0 saturated heterocycles. The van der Waals surface area contributed by atoms with Crippen molar-refractivity contribution in [2.75, 3.05) is 0 Å². The van der Waals surface area contributed by atoms with Crippen LogP contribution in [0, 0.1) is 0 Å². The maximum Gasteiger partial charge on any atom is 0.0868 e. The van der Waals surface area contributed by atoms with Crippen molar-refractivity contribution in [3.63, 3.8) is 0 Å². The maximum atomic E-state index is 5.11. The molecule has 11 heavy (non-hydrogen) atoms. The van der Waals surface area contributed by atoms with Gasteiger partial charge in [0.25, 0.3) is 0 Å². The average molecular weight is 149 g/mol. The van der Waals surface area contributed by atoms with E-state index in [0.717, 1.165) is 12.8 Å². The molecule has 2 heteroatoms. The molecule has 0 aliphatic heterocycles. The fraction of sp³-hybridized carbons (Fsp3) is 0.333. The molecule has 0 aromatic heterocycles. The first-order chi connectivity index (χ1) is 5.40. The summed E-state index contributed by atoms with van der Waals surface area (Å²) < 4.78 is 0. The van der Waals surface area contributed by atoms with Crippen molar-refractivity contribution < 1.29 is 4.84 Å². The minimum Gasteiger partial charge on any atom is -0.301 e. The molecule has 0 unspecified atom stereocenters. The lowest BCUT2D eigenvalue weighted by atomic mass is 10.1. The summed E-state index contributed by atoms with van der Waals surface area (Å²) in [6, 6.07) is 8.37. The van der Waals surface area contributed by atoms with Gasteiger partial charge in [-0.15, -0.1) is 0 Å². The van der Waals surface area contributed by atoms with Crippen LogP contribution in [0.2, 0.25) is 0 Å². The molecular formula is C9H11NO. The second kappa shape index (κ2) is 2.64. The van der Waals surface area contributed by atoms with Crippen LogP contribution in [0.25, 0.3) is 0 Å². The second-order valence-electron chi connectivity index (χ2n) is 2.94. The predicted molar refractivity (Wildman–Crippen MR) is 42.9 cm³/mol. The number of rotatable bonds is 1. The highest BCUT2D eigenvalue weighted by molar-refractivity contribution is 5.32. The number of hydrogen-bond donors (Lipinski definition) is 1. The number of hydrogen-bond acceptors (Lipinski definition) is 2. The molecule has 1 aliphatic carbocycles. The van der Waals surface area contributed by atoms with Gasteiger partial charge in [0, 0.05) is 12.8 Å².